The summed E-state index contributed by atoms with van der Waals surface area (Å²) in [5, 5.41) is 3.05. The molecule has 72 valence electrons. The minimum absolute atomic E-state index is 0.603. The molecule has 4 nitrogen and oxygen atoms in total. The van der Waals surface area contributed by atoms with E-state index in [4.69, 9.17) is 9.47 Å². The van der Waals surface area contributed by atoms with Gasteiger partial charge in [-0.25, -0.2) is 4.98 Å². The van der Waals surface area contributed by atoms with Crippen LogP contribution in [0.5, 0.6) is 11.6 Å². The Kier molecular flexibility index (Phi) is 3.52. The maximum atomic E-state index is 5.14. The predicted octanol–water partition coefficient (Wildman–Crippen LogP) is 0.818. The van der Waals surface area contributed by atoms with E-state index in [2.05, 4.69) is 10.3 Å². The molecule has 0 aliphatic heterocycles. The number of ether oxygens (including phenoxy) is 2. The SMILES string of the molecule is CNCc1cc(OC)ncc1OC. The quantitative estimate of drug-likeness (QED) is 0.748. The fourth-order valence-electron chi connectivity index (χ4n) is 1.09. The number of hydrogen-bond donors (Lipinski definition) is 1. The van der Waals surface area contributed by atoms with Gasteiger partial charge in [0.05, 0.1) is 20.4 Å². The third-order valence-electron chi connectivity index (χ3n) is 1.72. The Hall–Kier alpha value is -1.29. The van der Waals surface area contributed by atoms with Gasteiger partial charge in [0, 0.05) is 18.2 Å². The topological polar surface area (TPSA) is 43.4 Å². The van der Waals surface area contributed by atoms with Gasteiger partial charge in [-0.15, -0.1) is 0 Å². The highest BCUT2D eigenvalue weighted by Crippen LogP contribution is 2.20. The summed E-state index contributed by atoms with van der Waals surface area (Å²) in [7, 11) is 5.10. The Morgan fingerprint density at radius 2 is 2.15 bits per heavy atom. The summed E-state index contributed by atoms with van der Waals surface area (Å²) in [5.74, 6) is 1.38. The monoisotopic (exact) mass is 182 g/mol. The molecule has 0 aliphatic carbocycles. The molecule has 1 aromatic heterocycles. The van der Waals surface area contributed by atoms with Crippen LogP contribution in [0.3, 0.4) is 0 Å². The fraction of sp³-hybridized carbons (Fsp3) is 0.444. The highest BCUT2D eigenvalue weighted by Gasteiger charge is 2.04. The molecule has 0 amide bonds. The van der Waals surface area contributed by atoms with Crippen LogP contribution >= 0.6 is 0 Å². The minimum Gasteiger partial charge on any atom is -0.495 e. The Morgan fingerprint density at radius 1 is 1.38 bits per heavy atom. The van der Waals surface area contributed by atoms with Crippen LogP contribution in [0.1, 0.15) is 5.56 Å². The zero-order chi connectivity index (χ0) is 9.68. The first kappa shape index (κ1) is 9.80. The Bertz CT molecular complexity index is 276. The van der Waals surface area contributed by atoms with E-state index in [0.717, 1.165) is 17.9 Å². The van der Waals surface area contributed by atoms with Crippen LogP contribution in [0.25, 0.3) is 0 Å². The average Bonchev–Trinajstić information content (AvgIpc) is 2.18. The summed E-state index contributed by atoms with van der Waals surface area (Å²) >= 11 is 0. The summed E-state index contributed by atoms with van der Waals surface area (Å²) in [5.41, 5.74) is 1.04. The van der Waals surface area contributed by atoms with Crippen molar-refractivity contribution in [1.82, 2.24) is 10.3 Å². The zero-order valence-corrected chi connectivity index (χ0v) is 8.13. The predicted molar refractivity (Wildman–Crippen MR) is 50.1 cm³/mol. The summed E-state index contributed by atoms with van der Waals surface area (Å²) < 4.78 is 10.1. The van der Waals surface area contributed by atoms with E-state index in [1.165, 1.54) is 0 Å². The summed E-state index contributed by atoms with van der Waals surface area (Å²) in [6.07, 6.45) is 1.66. The molecule has 0 aliphatic rings. The summed E-state index contributed by atoms with van der Waals surface area (Å²) in [6, 6.07) is 1.86. The van der Waals surface area contributed by atoms with Gasteiger partial charge in [0.25, 0.3) is 0 Å². The maximum Gasteiger partial charge on any atom is 0.213 e. The van der Waals surface area contributed by atoms with Crippen molar-refractivity contribution < 1.29 is 9.47 Å². The van der Waals surface area contributed by atoms with Crippen LogP contribution in [0.4, 0.5) is 0 Å². The lowest BCUT2D eigenvalue weighted by Crippen LogP contribution is -2.07. The van der Waals surface area contributed by atoms with Crippen molar-refractivity contribution in [3.8, 4) is 11.6 Å². The molecule has 1 N–H and O–H groups in total. The largest absolute Gasteiger partial charge is 0.495 e. The first-order valence-corrected chi connectivity index (χ1v) is 4.03. The molecular weight excluding hydrogens is 168 g/mol. The average molecular weight is 182 g/mol. The van der Waals surface area contributed by atoms with E-state index in [1.807, 2.05) is 13.1 Å². The molecule has 1 aromatic rings. The number of rotatable bonds is 4. The molecule has 1 rings (SSSR count). The summed E-state index contributed by atoms with van der Waals surface area (Å²) in [6.45, 7) is 0.738. The van der Waals surface area contributed by atoms with Crippen molar-refractivity contribution in [3.05, 3.63) is 17.8 Å². The van der Waals surface area contributed by atoms with Crippen molar-refractivity contribution >= 4 is 0 Å². The lowest BCUT2D eigenvalue weighted by atomic mass is 10.2. The van der Waals surface area contributed by atoms with Gasteiger partial charge in [0.15, 0.2) is 0 Å². The number of pyridine rings is 1. The van der Waals surface area contributed by atoms with Gasteiger partial charge in [-0.1, -0.05) is 0 Å². The molecule has 0 fully saturated rings. The summed E-state index contributed by atoms with van der Waals surface area (Å²) in [4.78, 5) is 4.04. The third-order valence-corrected chi connectivity index (χ3v) is 1.72. The van der Waals surface area contributed by atoms with Crippen LogP contribution in [0.15, 0.2) is 12.3 Å². The Labute approximate surface area is 77.9 Å². The lowest BCUT2D eigenvalue weighted by molar-refractivity contribution is 0.383. The van der Waals surface area contributed by atoms with E-state index in [-0.39, 0.29) is 0 Å². The molecule has 1 heterocycles. The van der Waals surface area contributed by atoms with Crippen LogP contribution in [0, 0.1) is 0 Å². The van der Waals surface area contributed by atoms with Crippen LogP contribution in [-0.2, 0) is 6.54 Å². The molecule has 0 aromatic carbocycles. The highest BCUT2D eigenvalue weighted by atomic mass is 16.5. The van der Waals surface area contributed by atoms with Gasteiger partial charge in [0.1, 0.15) is 5.75 Å². The maximum absolute atomic E-state index is 5.14. The van der Waals surface area contributed by atoms with Gasteiger partial charge in [0.2, 0.25) is 5.88 Å². The number of methoxy groups -OCH3 is 2. The molecule has 0 radical (unpaired) electrons. The standard InChI is InChI=1S/C9H14N2O2/c1-10-5-7-4-9(13-3)11-6-8(7)12-2/h4,6,10H,5H2,1-3H3. The van der Waals surface area contributed by atoms with Gasteiger partial charge < -0.3 is 14.8 Å². The second-order valence-corrected chi connectivity index (χ2v) is 2.57. The van der Waals surface area contributed by atoms with Crippen LogP contribution < -0.4 is 14.8 Å². The Morgan fingerprint density at radius 3 is 2.69 bits per heavy atom. The van der Waals surface area contributed by atoms with Crippen molar-refractivity contribution in [2.75, 3.05) is 21.3 Å². The minimum atomic E-state index is 0.603. The number of nitrogens with zero attached hydrogens (tertiary/aromatic N) is 1. The second kappa shape index (κ2) is 4.67. The first-order valence-electron chi connectivity index (χ1n) is 4.03. The zero-order valence-electron chi connectivity index (χ0n) is 8.13. The van der Waals surface area contributed by atoms with Crippen molar-refractivity contribution in [3.63, 3.8) is 0 Å². The van der Waals surface area contributed by atoms with Gasteiger partial charge in [-0.2, -0.15) is 0 Å². The lowest BCUT2D eigenvalue weighted by Gasteiger charge is -2.08. The normalized spacial score (nSPS) is 9.77. The number of hydrogen-bond acceptors (Lipinski definition) is 4. The van der Waals surface area contributed by atoms with Crippen LogP contribution in [-0.4, -0.2) is 26.3 Å². The smallest absolute Gasteiger partial charge is 0.213 e. The second-order valence-electron chi connectivity index (χ2n) is 2.57. The molecule has 13 heavy (non-hydrogen) atoms. The molecule has 0 saturated carbocycles. The molecule has 0 spiro atoms. The number of nitrogens with one attached hydrogen (secondary N) is 1. The molecule has 4 heteroatoms. The molecule has 0 atom stereocenters. The molecular formula is C9H14N2O2. The van der Waals surface area contributed by atoms with E-state index >= 15 is 0 Å². The van der Waals surface area contributed by atoms with Gasteiger partial charge in [-0.3, -0.25) is 0 Å². The van der Waals surface area contributed by atoms with E-state index < -0.39 is 0 Å². The number of aromatic nitrogens is 1. The van der Waals surface area contributed by atoms with Crippen molar-refractivity contribution in [1.29, 1.82) is 0 Å². The van der Waals surface area contributed by atoms with Crippen molar-refractivity contribution in [2.24, 2.45) is 0 Å². The van der Waals surface area contributed by atoms with E-state index in [9.17, 15) is 0 Å². The van der Waals surface area contributed by atoms with Crippen LogP contribution in [0.2, 0.25) is 0 Å². The van der Waals surface area contributed by atoms with E-state index in [0.29, 0.717) is 5.88 Å². The molecule has 0 saturated heterocycles. The molecule has 0 bridgehead atoms. The Balaban J connectivity index is 2.95. The first-order chi connectivity index (χ1) is 6.31. The highest BCUT2D eigenvalue weighted by molar-refractivity contribution is 5.34. The van der Waals surface area contributed by atoms with Gasteiger partial charge in [-0.05, 0) is 7.05 Å². The fourth-order valence-corrected chi connectivity index (χ4v) is 1.09. The van der Waals surface area contributed by atoms with E-state index in [1.54, 1.807) is 20.4 Å². The van der Waals surface area contributed by atoms with Gasteiger partial charge >= 0.3 is 0 Å². The third kappa shape index (κ3) is 2.32. The molecule has 0 unspecified atom stereocenters. The van der Waals surface area contributed by atoms with Crippen molar-refractivity contribution in [2.45, 2.75) is 6.54 Å².